The van der Waals surface area contributed by atoms with Crippen LogP contribution in [0, 0.1) is 0 Å². The smallest absolute Gasteiger partial charge is 0.338 e. The molecule has 4 heteroatoms. The third kappa shape index (κ3) is 5.19. The van der Waals surface area contributed by atoms with Crippen molar-refractivity contribution in [3.8, 4) is 0 Å². The maximum atomic E-state index is 11.6. The fraction of sp³-hybridized carbons (Fsp3) is 0.500. The number of hydrogen-bond acceptors (Lipinski definition) is 4. The number of methoxy groups -OCH3 is 1. The number of ether oxygens (including phenoxy) is 2. The molecule has 0 amide bonds. The summed E-state index contributed by atoms with van der Waals surface area (Å²) < 4.78 is 9.84. The van der Waals surface area contributed by atoms with E-state index in [1.165, 1.54) is 0 Å². The first-order valence-electron chi connectivity index (χ1n) is 6.28. The molecule has 1 aromatic rings. The minimum absolute atomic E-state index is 0.284. The Balaban J connectivity index is 2.41. The highest BCUT2D eigenvalue weighted by Crippen LogP contribution is 2.10. The van der Waals surface area contributed by atoms with Crippen LogP contribution >= 0.6 is 0 Å². The van der Waals surface area contributed by atoms with Gasteiger partial charge in [0.05, 0.1) is 12.2 Å². The van der Waals surface area contributed by atoms with Crippen LogP contribution < -0.4 is 5.32 Å². The quantitative estimate of drug-likeness (QED) is 0.570. The van der Waals surface area contributed by atoms with Gasteiger partial charge >= 0.3 is 5.97 Å². The molecule has 0 spiro atoms. The summed E-state index contributed by atoms with van der Waals surface area (Å²) >= 11 is 0. The second kappa shape index (κ2) is 8.53. The predicted octanol–water partition coefficient (Wildman–Crippen LogP) is 2.70. The van der Waals surface area contributed by atoms with Crippen molar-refractivity contribution in [1.82, 2.24) is 0 Å². The van der Waals surface area contributed by atoms with Crippen LogP contribution in [-0.4, -0.2) is 32.8 Å². The Morgan fingerprint density at radius 2 is 1.94 bits per heavy atom. The van der Waals surface area contributed by atoms with Gasteiger partial charge < -0.3 is 14.8 Å². The molecule has 0 fully saturated rings. The summed E-state index contributed by atoms with van der Waals surface area (Å²) in [6.45, 7) is 3.81. The lowest BCUT2D eigenvalue weighted by atomic mass is 10.2. The SMILES string of the molecule is CCCCNc1ccc(C(=O)OCCOC)cc1. The molecule has 1 N–H and O–H groups in total. The standard InChI is InChI=1S/C14H21NO3/c1-3-4-9-15-13-7-5-12(6-8-13)14(16)18-11-10-17-2/h5-8,15H,3-4,9-11H2,1-2H3. The number of carbonyl (C=O) groups excluding carboxylic acids is 1. The van der Waals surface area contributed by atoms with E-state index < -0.39 is 0 Å². The first-order valence-corrected chi connectivity index (χ1v) is 6.28. The molecule has 0 saturated heterocycles. The van der Waals surface area contributed by atoms with Gasteiger partial charge in [-0.1, -0.05) is 13.3 Å². The molecule has 100 valence electrons. The number of anilines is 1. The number of hydrogen-bond donors (Lipinski definition) is 1. The molecule has 0 atom stereocenters. The lowest BCUT2D eigenvalue weighted by Crippen LogP contribution is -2.10. The number of esters is 1. The zero-order chi connectivity index (χ0) is 13.2. The summed E-state index contributed by atoms with van der Waals surface area (Å²) in [4.78, 5) is 11.6. The van der Waals surface area contributed by atoms with Gasteiger partial charge in [-0.2, -0.15) is 0 Å². The summed E-state index contributed by atoms with van der Waals surface area (Å²) in [6, 6.07) is 7.32. The Morgan fingerprint density at radius 3 is 2.56 bits per heavy atom. The number of nitrogens with one attached hydrogen (secondary N) is 1. The molecule has 0 radical (unpaired) electrons. The number of benzene rings is 1. The summed E-state index contributed by atoms with van der Waals surface area (Å²) in [5, 5.41) is 3.29. The molecule has 0 unspecified atom stereocenters. The van der Waals surface area contributed by atoms with Gasteiger partial charge in [-0.25, -0.2) is 4.79 Å². The van der Waals surface area contributed by atoms with E-state index in [4.69, 9.17) is 9.47 Å². The summed E-state index contributed by atoms with van der Waals surface area (Å²) in [5.74, 6) is -0.313. The molecule has 18 heavy (non-hydrogen) atoms. The van der Waals surface area contributed by atoms with Gasteiger partial charge in [0.15, 0.2) is 0 Å². The Kier molecular flexibility index (Phi) is 6.87. The van der Waals surface area contributed by atoms with Crippen molar-refractivity contribution in [2.45, 2.75) is 19.8 Å². The van der Waals surface area contributed by atoms with Crippen molar-refractivity contribution < 1.29 is 14.3 Å². The maximum Gasteiger partial charge on any atom is 0.338 e. The minimum Gasteiger partial charge on any atom is -0.460 e. The zero-order valence-electron chi connectivity index (χ0n) is 11.1. The van der Waals surface area contributed by atoms with Gasteiger partial charge in [0.2, 0.25) is 0 Å². The lowest BCUT2D eigenvalue weighted by Gasteiger charge is -2.07. The third-order valence-electron chi connectivity index (χ3n) is 2.50. The number of rotatable bonds is 8. The van der Waals surface area contributed by atoms with Gasteiger partial charge in [-0.15, -0.1) is 0 Å². The Bertz CT molecular complexity index is 349. The third-order valence-corrected chi connectivity index (χ3v) is 2.50. The van der Waals surface area contributed by atoms with Gasteiger partial charge in [-0.05, 0) is 30.7 Å². The van der Waals surface area contributed by atoms with Crippen molar-refractivity contribution in [2.75, 3.05) is 32.2 Å². The maximum absolute atomic E-state index is 11.6. The highest BCUT2D eigenvalue weighted by atomic mass is 16.6. The van der Waals surface area contributed by atoms with Crippen molar-refractivity contribution in [3.05, 3.63) is 29.8 Å². The number of carbonyl (C=O) groups is 1. The van der Waals surface area contributed by atoms with E-state index in [-0.39, 0.29) is 12.6 Å². The van der Waals surface area contributed by atoms with E-state index in [0.29, 0.717) is 12.2 Å². The summed E-state index contributed by atoms with van der Waals surface area (Å²) in [7, 11) is 1.57. The van der Waals surface area contributed by atoms with E-state index in [2.05, 4.69) is 12.2 Å². The Hall–Kier alpha value is -1.55. The van der Waals surface area contributed by atoms with Crippen molar-refractivity contribution in [2.24, 2.45) is 0 Å². The molecule has 1 aromatic carbocycles. The molecule has 0 aliphatic heterocycles. The monoisotopic (exact) mass is 251 g/mol. The van der Waals surface area contributed by atoms with Gasteiger partial charge in [-0.3, -0.25) is 0 Å². The van der Waals surface area contributed by atoms with Crippen LogP contribution in [0.25, 0.3) is 0 Å². The second-order valence-electron chi connectivity index (χ2n) is 3.99. The molecule has 0 heterocycles. The second-order valence-corrected chi connectivity index (χ2v) is 3.99. The van der Waals surface area contributed by atoms with Crippen molar-refractivity contribution in [1.29, 1.82) is 0 Å². The van der Waals surface area contributed by atoms with Crippen LogP contribution in [0.3, 0.4) is 0 Å². The van der Waals surface area contributed by atoms with Gasteiger partial charge in [0, 0.05) is 19.3 Å². The van der Waals surface area contributed by atoms with Crippen molar-refractivity contribution in [3.63, 3.8) is 0 Å². The number of unbranched alkanes of at least 4 members (excludes halogenated alkanes) is 1. The molecule has 0 aromatic heterocycles. The highest BCUT2D eigenvalue weighted by molar-refractivity contribution is 5.89. The van der Waals surface area contributed by atoms with Crippen LogP contribution in [-0.2, 0) is 9.47 Å². The molecular weight excluding hydrogens is 230 g/mol. The van der Waals surface area contributed by atoms with E-state index in [9.17, 15) is 4.79 Å². The molecule has 0 bridgehead atoms. The first-order chi connectivity index (χ1) is 8.77. The van der Waals surface area contributed by atoms with E-state index in [1.54, 1.807) is 19.2 Å². The van der Waals surface area contributed by atoms with Crippen molar-refractivity contribution >= 4 is 11.7 Å². The average Bonchev–Trinajstić information content (AvgIpc) is 2.40. The molecule has 0 aliphatic rings. The fourth-order valence-corrected chi connectivity index (χ4v) is 1.43. The first kappa shape index (κ1) is 14.5. The van der Waals surface area contributed by atoms with Crippen LogP contribution in [0.2, 0.25) is 0 Å². The largest absolute Gasteiger partial charge is 0.460 e. The van der Waals surface area contributed by atoms with Crippen LogP contribution in [0.4, 0.5) is 5.69 Å². The molecular formula is C14H21NO3. The molecule has 0 aliphatic carbocycles. The summed E-state index contributed by atoms with van der Waals surface area (Å²) in [5.41, 5.74) is 1.59. The van der Waals surface area contributed by atoms with E-state index >= 15 is 0 Å². The molecule has 4 nitrogen and oxygen atoms in total. The zero-order valence-corrected chi connectivity index (χ0v) is 11.1. The highest BCUT2D eigenvalue weighted by Gasteiger charge is 2.06. The van der Waals surface area contributed by atoms with Crippen LogP contribution in [0.15, 0.2) is 24.3 Å². The molecule has 1 rings (SSSR count). The Labute approximate surface area is 108 Å². The van der Waals surface area contributed by atoms with Gasteiger partial charge in [0.1, 0.15) is 6.61 Å². The normalized spacial score (nSPS) is 10.1. The summed E-state index contributed by atoms with van der Waals surface area (Å²) in [6.07, 6.45) is 2.30. The fourth-order valence-electron chi connectivity index (χ4n) is 1.43. The average molecular weight is 251 g/mol. The lowest BCUT2D eigenvalue weighted by molar-refractivity contribution is 0.0388. The minimum atomic E-state index is -0.313. The topological polar surface area (TPSA) is 47.6 Å². The Morgan fingerprint density at radius 1 is 1.22 bits per heavy atom. The molecule has 0 saturated carbocycles. The van der Waals surface area contributed by atoms with Crippen LogP contribution in [0.5, 0.6) is 0 Å². The van der Waals surface area contributed by atoms with E-state index in [0.717, 1.165) is 25.1 Å². The predicted molar refractivity (Wildman–Crippen MR) is 72.0 cm³/mol. The van der Waals surface area contributed by atoms with E-state index in [1.807, 2.05) is 12.1 Å². The van der Waals surface area contributed by atoms with Crippen LogP contribution in [0.1, 0.15) is 30.1 Å². The van der Waals surface area contributed by atoms with Gasteiger partial charge in [0.25, 0.3) is 0 Å².